The molecule has 0 aromatic carbocycles. The van der Waals surface area contributed by atoms with Crippen molar-refractivity contribution < 1.29 is 13.5 Å². The Morgan fingerprint density at radius 2 is 2.05 bits per heavy atom. The van der Waals surface area contributed by atoms with Crippen molar-refractivity contribution in [2.24, 2.45) is 7.05 Å². The fourth-order valence-electron chi connectivity index (χ4n) is 2.44. The number of aliphatic hydroxyl groups is 1. The van der Waals surface area contributed by atoms with Gasteiger partial charge in [0.1, 0.15) is 5.82 Å². The van der Waals surface area contributed by atoms with E-state index in [9.17, 15) is 13.5 Å². The number of imidazole rings is 1. The summed E-state index contributed by atoms with van der Waals surface area (Å²) in [4.78, 5) is 6.17. The lowest BCUT2D eigenvalue weighted by molar-refractivity contribution is 0.104. The summed E-state index contributed by atoms with van der Waals surface area (Å²) in [5.41, 5.74) is 0. The Kier molecular flexibility index (Phi) is 5.37. The van der Waals surface area contributed by atoms with Gasteiger partial charge in [0, 0.05) is 26.3 Å². The van der Waals surface area contributed by atoms with E-state index in [1.165, 1.54) is 12.6 Å². The van der Waals surface area contributed by atoms with Crippen LogP contribution in [0.3, 0.4) is 0 Å². The van der Waals surface area contributed by atoms with Gasteiger partial charge in [-0.3, -0.25) is 0 Å². The molecule has 2 rings (SSSR count). The molecule has 1 fully saturated rings. The lowest BCUT2D eigenvalue weighted by Gasteiger charge is -2.28. The number of likely N-dealkylation sites (tertiary alicyclic amines) is 1. The van der Waals surface area contributed by atoms with Crippen LogP contribution in [0.1, 0.15) is 25.1 Å². The van der Waals surface area contributed by atoms with Crippen LogP contribution in [0.2, 0.25) is 0 Å². The molecule has 1 aliphatic heterocycles. The highest BCUT2D eigenvalue weighted by molar-refractivity contribution is 7.89. The number of piperidine rings is 1. The summed E-state index contributed by atoms with van der Waals surface area (Å²) >= 11 is 0. The van der Waals surface area contributed by atoms with Crippen LogP contribution in [-0.2, 0) is 17.1 Å². The molecule has 0 aliphatic carbocycles. The van der Waals surface area contributed by atoms with E-state index in [2.05, 4.69) is 14.6 Å². The molecule has 8 heteroatoms. The number of sulfonamides is 1. The highest BCUT2D eigenvalue weighted by Gasteiger charge is 2.21. The maximum absolute atomic E-state index is 12.1. The SMILES string of the molecule is Cc1nc(S(=O)(=O)NC[C@H](O)CN2CCCCC2)cn1C. The van der Waals surface area contributed by atoms with Crippen LogP contribution in [0.5, 0.6) is 0 Å². The molecule has 0 radical (unpaired) electrons. The highest BCUT2D eigenvalue weighted by atomic mass is 32.2. The van der Waals surface area contributed by atoms with Gasteiger partial charge in [-0.15, -0.1) is 0 Å². The van der Waals surface area contributed by atoms with Gasteiger partial charge in [-0.2, -0.15) is 0 Å². The number of hydrogen-bond donors (Lipinski definition) is 2. The summed E-state index contributed by atoms with van der Waals surface area (Å²) < 4.78 is 28.2. The Balaban J connectivity index is 1.86. The second kappa shape index (κ2) is 6.87. The van der Waals surface area contributed by atoms with Gasteiger partial charge in [0.25, 0.3) is 10.0 Å². The molecule has 1 saturated heterocycles. The summed E-state index contributed by atoms with van der Waals surface area (Å²) in [5.74, 6) is 0.629. The Bertz CT molecular complexity index is 544. The molecule has 2 N–H and O–H groups in total. The first kappa shape index (κ1) is 16.4. The number of nitrogens with zero attached hydrogens (tertiary/aromatic N) is 3. The summed E-state index contributed by atoms with van der Waals surface area (Å²) in [6.45, 7) is 4.20. The Morgan fingerprint density at radius 1 is 1.38 bits per heavy atom. The fraction of sp³-hybridized carbons (Fsp3) is 0.769. The normalized spacial score (nSPS) is 18.8. The molecule has 1 aliphatic rings. The zero-order chi connectivity index (χ0) is 15.5. The van der Waals surface area contributed by atoms with Crippen molar-refractivity contribution in [1.82, 2.24) is 19.2 Å². The van der Waals surface area contributed by atoms with E-state index in [1.807, 2.05) is 0 Å². The molecule has 21 heavy (non-hydrogen) atoms. The minimum absolute atomic E-state index is 0.00678. The van der Waals surface area contributed by atoms with Crippen LogP contribution >= 0.6 is 0 Å². The van der Waals surface area contributed by atoms with E-state index in [-0.39, 0.29) is 11.6 Å². The topological polar surface area (TPSA) is 87.5 Å². The van der Waals surface area contributed by atoms with Crippen LogP contribution in [0.25, 0.3) is 0 Å². The lowest BCUT2D eigenvalue weighted by Crippen LogP contribution is -2.42. The number of aryl methyl sites for hydroxylation is 2. The minimum Gasteiger partial charge on any atom is -0.390 e. The summed E-state index contributed by atoms with van der Waals surface area (Å²) in [6.07, 6.45) is 4.28. The van der Waals surface area contributed by atoms with Crippen molar-refractivity contribution in [3.63, 3.8) is 0 Å². The summed E-state index contributed by atoms with van der Waals surface area (Å²) in [7, 11) is -1.92. The molecule has 0 saturated carbocycles. The predicted molar refractivity (Wildman–Crippen MR) is 79.4 cm³/mol. The fourth-order valence-corrected chi connectivity index (χ4v) is 3.55. The molecule has 2 heterocycles. The number of rotatable bonds is 6. The molecule has 1 atom stereocenters. The monoisotopic (exact) mass is 316 g/mol. The Morgan fingerprint density at radius 3 is 2.62 bits per heavy atom. The third-order valence-corrected chi connectivity index (χ3v) is 5.08. The van der Waals surface area contributed by atoms with Gasteiger partial charge in [0.15, 0.2) is 5.03 Å². The summed E-state index contributed by atoms with van der Waals surface area (Å²) in [6, 6.07) is 0. The van der Waals surface area contributed by atoms with Crippen molar-refractivity contribution in [3.8, 4) is 0 Å². The van der Waals surface area contributed by atoms with Gasteiger partial charge in [-0.25, -0.2) is 18.1 Å². The van der Waals surface area contributed by atoms with Gasteiger partial charge in [0.2, 0.25) is 0 Å². The van der Waals surface area contributed by atoms with Crippen LogP contribution < -0.4 is 4.72 Å². The van der Waals surface area contributed by atoms with Crippen LogP contribution in [-0.4, -0.2) is 60.3 Å². The molecule has 0 spiro atoms. The van der Waals surface area contributed by atoms with E-state index >= 15 is 0 Å². The smallest absolute Gasteiger partial charge is 0.259 e. The van der Waals surface area contributed by atoms with Crippen LogP contribution in [0.4, 0.5) is 0 Å². The second-order valence-corrected chi connectivity index (χ2v) is 7.32. The first-order valence-corrected chi connectivity index (χ1v) is 8.77. The molecule has 0 unspecified atom stereocenters. The third-order valence-electron chi connectivity index (χ3n) is 3.79. The Hall–Kier alpha value is -0.960. The average Bonchev–Trinajstić information content (AvgIpc) is 2.79. The standard InChI is InChI=1S/C13H24N4O3S/c1-11-15-13(10-16(11)2)21(19,20)14-8-12(18)9-17-6-4-3-5-7-17/h10,12,14,18H,3-9H2,1-2H3/t12-/m0/s1. The Labute approximate surface area is 126 Å². The third kappa shape index (κ3) is 4.50. The van der Waals surface area contributed by atoms with Gasteiger partial charge < -0.3 is 14.6 Å². The van der Waals surface area contributed by atoms with Gasteiger partial charge in [-0.05, 0) is 32.9 Å². The molecular formula is C13H24N4O3S. The van der Waals surface area contributed by atoms with E-state index in [0.29, 0.717) is 12.4 Å². The first-order chi connectivity index (χ1) is 9.88. The molecule has 7 nitrogen and oxygen atoms in total. The number of aromatic nitrogens is 2. The van der Waals surface area contributed by atoms with Crippen LogP contribution in [0, 0.1) is 6.92 Å². The summed E-state index contributed by atoms with van der Waals surface area (Å²) in [5, 5.41) is 9.97. The molecule has 1 aromatic heterocycles. The van der Waals surface area contributed by atoms with Crippen LogP contribution in [0.15, 0.2) is 11.2 Å². The minimum atomic E-state index is -3.66. The number of β-amino-alcohol motifs (C(OH)–C–C–N with tert-alkyl or cyclic N) is 1. The average molecular weight is 316 g/mol. The molecule has 120 valence electrons. The van der Waals surface area contributed by atoms with E-state index in [1.54, 1.807) is 18.5 Å². The highest BCUT2D eigenvalue weighted by Crippen LogP contribution is 2.10. The van der Waals surface area contributed by atoms with Crippen molar-refractivity contribution in [1.29, 1.82) is 0 Å². The van der Waals surface area contributed by atoms with Crippen molar-refractivity contribution in [3.05, 3.63) is 12.0 Å². The van der Waals surface area contributed by atoms with E-state index < -0.39 is 16.1 Å². The second-order valence-electron chi connectivity index (χ2n) is 5.60. The van der Waals surface area contributed by atoms with Crippen molar-refractivity contribution in [2.45, 2.75) is 37.3 Å². The molecule has 0 bridgehead atoms. The van der Waals surface area contributed by atoms with Crippen molar-refractivity contribution in [2.75, 3.05) is 26.2 Å². The molecular weight excluding hydrogens is 292 g/mol. The molecule has 1 aromatic rings. The maximum atomic E-state index is 12.1. The maximum Gasteiger partial charge on any atom is 0.259 e. The van der Waals surface area contributed by atoms with Gasteiger partial charge in [0.05, 0.1) is 6.10 Å². The van der Waals surface area contributed by atoms with Crippen molar-refractivity contribution >= 4 is 10.0 Å². The lowest BCUT2D eigenvalue weighted by atomic mass is 10.1. The van der Waals surface area contributed by atoms with E-state index in [4.69, 9.17) is 0 Å². The largest absolute Gasteiger partial charge is 0.390 e. The predicted octanol–water partition coefficient (Wildman–Crippen LogP) is -0.146. The van der Waals surface area contributed by atoms with E-state index in [0.717, 1.165) is 25.9 Å². The number of hydrogen-bond acceptors (Lipinski definition) is 5. The number of aliphatic hydroxyl groups excluding tert-OH is 1. The van der Waals surface area contributed by atoms with Gasteiger partial charge in [-0.1, -0.05) is 6.42 Å². The quantitative estimate of drug-likeness (QED) is 0.762. The zero-order valence-corrected chi connectivity index (χ0v) is 13.4. The molecule has 0 amide bonds. The number of nitrogens with one attached hydrogen (secondary N) is 1. The first-order valence-electron chi connectivity index (χ1n) is 7.28. The van der Waals surface area contributed by atoms with Gasteiger partial charge >= 0.3 is 0 Å². The zero-order valence-electron chi connectivity index (χ0n) is 12.6.